The third-order valence-corrected chi connectivity index (χ3v) is 3.61. The number of carbonyl (C=O) groups is 1. The first-order chi connectivity index (χ1) is 8.76. The van der Waals surface area contributed by atoms with E-state index in [1.54, 1.807) is 0 Å². The number of nitrogens with zero attached hydrogens (tertiary/aromatic N) is 1. The van der Waals surface area contributed by atoms with Crippen LogP contribution in [0, 0.1) is 0 Å². The van der Waals surface area contributed by atoms with Crippen molar-refractivity contribution in [3.05, 3.63) is 35.4 Å². The number of carbonyl (C=O) groups excluding carboxylic acids is 1. The molecule has 1 aliphatic rings. The standard InChI is InChI=1S/C14H21N3O/c1-2-5-13(14(18)16-15)17-9-8-11-6-3-4-7-12(11)10-17/h3-4,6-7,13H,2,5,8-10,15H2,1H3,(H,16,18). The monoisotopic (exact) mass is 247 g/mol. The molecule has 0 radical (unpaired) electrons. The maximum Gasteiger partial charge on any atom is 0.251 e. The largest absolute Gasteiger partial charge is 0.293 e. The number of benzene rings is 1. The molecule has 4 nitrogen and oxygen atoms in total. The van der Waals surface area contributed by atoms with E-state index in [-0.39, 0.29) is 11.9 Å². The lowest BCUT2D eigenvalue weighted by atomic mass is 9.97. The van der Waals surface area contributed by atoms with Crippen LogP contribution in [0.4, 0.5) is 0 Å². The van der Waals surface area contributed by atoms with Gasteiger partial charge in [0.1, 0.15) is 0 Å². The van der Waals surface area contributed by atoms with Gasteiger partial charge in [-0.3, -0.25) is 15.1 Å². The van der Waals surface area contributed by atoms with Gasteiger partial charge in [-0.15, -0.1) is 0 Å². The molecule has 98 valence electrons. The van der Waals surface area contributed by atoms with Crippen molar-refractivity contribution >= 4 is 5.91 Å². The first-order valence-electron chi connectivity index (χ1n) is 6.57. The molecule has 4 heteroatoms. The Labute approximate surface area is 108 Å². The zero-order valence-electron chi connectivity index (χ0n) is 10.9. The zero-order chi connectivity index (χ0) is 13.0. The van der Waals surface area contributed by atoms with Crippen LogP contribution in [0.3, 0.4) is 0 Å². The molecule has 1 amide bonds. The number of fused-ring (bicyclic) bond motifs is 1. The second-order valence-corrected chi connectivity index (χ2v) is 4.80. The minimum absolute atomic E-state index is 0.0729. The van der Waals surface area contributed by atoms with Gasteiger partial charge in [0.15, 0.2) is 0 Å². The second kappa shape index (κ2) is 5.98. The molecule has 3 N–H and O–H groups in total. The van der Waals surface area contributed by atoms with Gasteiger partial charge >= 0.3 is 0 Å². The van der Waals surface area contributed by atoms with Crippen molar-refractivity contribution in [1.82, 2.24) is 10.3 Å². The predicted molar refractivity (Wildman–Crippen MR) is 71.6 cm³/mol. The van der Waals surface area contributed by atoms with Crippen molar-refractivity contribution in [1.29, 1.82) is 0 Å². The molecule has 0 saturated heterocycles. The zero-order valence-corrected chi connectivity index (χ0v) is 10.9. The molecule has 0 aromatic heterocycles. The maximum absolute atomic E-state index is 11.8. The van der Waals surface area contributed by atoms with E-state index in [1.165, 1.54) is 11.1 Å². The van der Waals surface area contributed by atoms with Crippen molar-refractivity contribution < 1.29 is 4.79 Å². The highest BCUT2D eigenvalue weighted by molar-refractivity contribution is 5.81. The molecule has 0 aliphatic carbocycles. The fraction of sp³-hybridized carbons (Fsp3) is 0.500. The van der Waals surface area contributed by atoms with Gasteiger partial charge in [0.25, 0.3) is 5.91 Å². The van der Waals surface area contributed by atoms with Gasteiger partial charge in [-0.1, -0.05) is 37.6 Å². The molecule has 1 aromatic rings. The molecule has 1 aliphatic heterocycles. The Balaban J connectivity index is 2.12. The number of amides is 1. The summed E-state index contributed by atoms with van der Waals surface area (Å²) >= 11 is 0. The van der Waals surface area contributed by atoms with Gasteiger partial charge in [0, 0.05) is 13.1 Å². The van der Waals surface area contributed by atoms with Gasteiger partial charge in [-0.25, -0.2) is 5.84 Å². The molecule has 1 atom stereocenters. The minimum Gasteiger partial charge on any atom is -0.293 e. The Bertz CT molecular complexity index is 419. The first-order valence-corrected chi connectivity index (χ1v) is 6.57. The second-order valence-electron chi connectivity index (χ2n) is 4.80. The molecule has 1 heterocycles. The molecule has 2 rings (SSSR count). The number of hydrogen-bond donors (Lipinski definition) is 2. The Morgan fingerprint density at radius 1 is 1.44 bits per heavy atom. The van der Waals surface area contributed by atoms with Crippen LogP contribution in [-0.4, -0.2) is 23.4 Å². The number of rotatable bonds is 4. The smallest absolute Gasteiger partial charge is 0.251 e. The summed E-state index contributed by atoms with van der Waals surface area (Å²) in [6, 6.07) is 8.34. The minimum atomic E-state index is -0.103. The van der Waals surface area contributed by atoms with Crippen LogP contribution in [0.25, 0.3) is 0 Å². The third-order valence-electron chi connectivity index (χ3n) is 3.61. The van der Waals surface area contributed by atoms with Gasteiger partial charge < -0.3 is 0 Å². The Morgan fingerprint density at radius 3 is 2.83 bits per heavy atom. The summed E-state index contributed by atoms with van der Waals surface area (Å²) in [4.78, 5) is 14.1. The fourth-order valence-electron chi connectivity index (χ4n) is 2.63. The van der Waals surface area contributed by atoms with Crippen LogP contribution in [0.15, 0.2) is 24.3 Å². The van der Waals surface area contributed by atoms with Gasteiger partial charge in [-0.2, -0.15) is 0 Å². The van der Waals surface area contributed by atoms with Crippen LogP contribution < -0.4 is 11.3 Å². The lowest BCUT2D eigenvalue weighted by Gasteiger charge is -2.34. The van der Waals surface area contributed by atoms with Crippen LogP contribution in [0.1, 0.15) is 30.9 Å². The van der Waals surface area contributed by atoms with Crippen molar-refractivity contribution in [2.45, 2.75) is 38.8 Å². The summed E-state index contributed by atoms with van der Waals surface area (Å²) in [5.74, 6) is 5.21. The number of nitrogens with one attached hydrogen (secondary N) is 1. The summed E-state index contributed by atoms with van der Waals surface area (Å²) < 4.78 is 0. The SMILES string of the molecule is CCCC(C(=O)NN)N1CCc2ccccc2C1. The summed E-state index contributed by atoms with van der Waals surface area (Å²) in [5.41, 5.74) is 5.02. The van der Waals surface area contributed by atoms with Crippen molar-refractivity contribution in [2.75, 3.05) is 6.54 Å². The van der Waals surface area contributed by atoms with E-state index in [9.17, 15) is 4.79 Å². The molecule has 18 heavy (non-hydrogen) atoms. The highest BCUT2D eigenvalue weighted by Gasteiger charge is 2.27. The Morgan fingerprint density at radius 2 is 2.17 bits per heavy atom. The quantitative estimate of drug-likeness (QED) is 0.477. The summed E-state index contributed by atoms with van der Waals surface area (Å²) in [7, 11) is 0. The topological polar surface area (TPSA) is 58.4 Å². The number of hydrogen-bond acceptors (Lipinski definition) is 3. The van der Waals surface area contributed by atoms with Gasteiger partial charge in [-0.05, 0) is 24.0 Å². The fourth-order valence-corrected chi connectivity index (χ4v) is 2.63. The first kappa shape index (κ1) is 13.1. The Hall–Kier alpha value is -1.39. The molecular formula is C14H21N3O. The van der Waals surface area contributed by atoms with E-state index in [0.29, 0.717) is 0 Å². The van der Waals surface area contributed by atoms with E-state index < -0.39 is 0 Å². The van der Waals surface area contributed by atoms with Crippen LogP contribution in [0.2, 0.25) is 0 Å². The summed E-state index contributed by atoms with van der Waals surface area (Å²) in [6.45, 7) is 3.86. The molecular weight excluding hydrogens is 226 g/mol. The van der Waals surface area contributed by atoms with Crippen LogP contribution >= 0.6 is 0 Å². The van der Waals surface area contributed by atoms with Gasteiger partial charge in [0.2, 0.25) is 0 Å². The van der Waals surface area contributed by atoms with E-state index in [4.69, 9.17) is 5.84 Å². The molecule has 0 fully saturated rings. The van der Waals surface area contributed by atoms with E-state index in [1.807, 2.05) is 0 Å². The lowest BCUT2D eigenvalue weighted by molar-refractivity contribution is -0.127. The normalized spacial score (nSPS) is 17.0. The highest BCUT2D eigenvalue weighted by Crippen LogP contribution is 2.21. The molecule has 0 spiro atoms. The molecule has 1 aromatic carbocycles. The number of nitrogens with two attached hydrogens (primary N) is 1. The molecule has 0 bridgehead atoms. The third kappa shape index (κ3) is 2.71. The number of hydrazine groups is 1. The van der Waals surface area contributed by atoms with E-state index in [0.717, 1.165) is 32.4 Å². The Kier molecular flexibility index (Phi) is 4.33. The highest BCUT2D eigenvalue weighted by atomic mass is 16.2. The lowest BCUT2D eigenvalue weighted by Crippen LogP contribution is -2.50. The molecule has 0 saturated carbocycles. The van der Waals surface area contributed by atoms with Gasteiger partial charge in [0.05, 0.1) is 6.04 Å². The average molecular weight is 247 g/mol. The van der Waals surface area contributed by atoms with Crippen LogP contribution in [0.5, 0.6) is 0 Å². The van der Waals surface area contributed by atoms with Crippen molar-refractivity contribution in [3.8, 4) is 0 Å². The van der Waals surface area contributed by atoms with Crippen LogP contribution in [-0.2, 0) is 17.8 Å². The van der Waals surface area contributed by atoms with E-state index >= 15 is 0 Å². The van der Waals surface area contributed by atoms with Crippen molar-refractivity contribution in [3.63, 3.8) is 0 Å². The summed E-state index contributed by atoms with van der Waals surface area (Å²) in [5, 5.41) is 0. The summed E-state index contributed by atoms with van der Waals surface area (Å²) in [6.07, 6.45) is 2.84. The van der Waals surface area contributed by atoms with E-state index in [2.05, 4.69) is 41.5 Å². The molecule has 1 unspecified atom stereocenters. The maximum atomic E-state index is 11.8. The predicted octanol–water partition coefficient (Wildman–Crippen LogP) is 1.20. The van der Waals surface area contributed by atoms with Crippen molar-refractivity contribution in [2.24, 2.45) is 5.84 Å². The average Bonchev–Trinajstić information content (AvgIpc) is 2.43.